The van der Waals surface area contributed by atoms with Crippen molar-refractivity contribution in [2.75, 3.05) is 0 Å². The number of amides is 1. The molecule has 0 aliphatic heterocycles. The predicted octanol–water partition coefficient (Wildman–Crippen LogP) is 4.83. The molecule has 0 saturated carbocycles. The highest BCUT2D eigenvalue weighted by molar-refractivity contribution is 7.13. The van der Waals surface area contributed by atoms with Gasteiger partial charge in [0.2, 0.25) is 5.91 Å². The number of furan rings is 1. The lowest BCUT2D eigenvalue weighted by molar-refractivity contribution is -0.119. The first-order valence-corrected chi connectivity index (χ1v) is 8.80. The van der Waals surface area contributed by atoms with Gasteiger partial charge < -0.3 is 9.73 Å². The Kier molecular flexibility index (Phi) is 4.81. The van der Waals surface area contributed by atoms with E-state index in [1.54, 1.807) is 11.3 Å². The highest BCUT2D eigenvalue weighted by Crippen LogP contribution is 2.30. The molecule has 0 fully saturated rings. The van der Waals surface area contributed by atoms with Crippen molar-refractivity contribution in [1.29, 1.82) is 0 Å². The fourth-order valence-corrected chi connectivity index (χ4v) is 3.17. The Morgan fingerprint density at radius 2 is 1.96 bits per heavy atom. The third kappa shape index (κ3) is 3.74. The van der Waals surface area contributed by atoms with Gasteiger partial charge in [-0.05, 0) is 23.6 Å². The first-order chi connectivity index (χ1) is 11.5. The van der Waals surface area contributed by atoms with Crippen LogP contribution in [0.2, 0.25) is 0 Å². The van der Waals surface area contributed by atoms with Crippen LogP contribution in [0.1, 0.15) is 38.0 Å². The number of benzene rings is 1. The zero-order chi connectivity index (χ0) is 17.1. The summed E-state index contributed by atoms with van der Waals surface area (Å²) in [5.74, 6) is 1.89. The van der Waals surface area contributed by atoms with Gasteiger partial charge in [0.1, 0.15) is 16.5 Å². The third-order valence-electron chi connectivity index (χ3n) is 3.75. The molecule has 1 amide bonds. The molecule has 0 bridgehead atoms. The molecule has 0 aliphatic rings. The van der Waals surface area contributed by atoms with Gasteiger partial charge in [-0.15, -0.1) is 11.3 Å². The molecular weight excluding hydrogens is 320 g/mol. The van der Waals surface area contributed by atoms with E-state index < -0.39 is 0 Å². The number of hydrogen-bond acceptors (Lipinski definition) is 4. The Labute approximate surface area is 145 Å². The van der Waals surface area contributed by atoms with Crippen LogP contribution < -0.4 is 5.32 Å². The standard InChI is InChI=1S/C19H20N2O2S/c1-12(2)14-4-6-15(7-5-14)19-21-17(11-24-19)18-9-8-16(23-18)10-20-13(3)22/h4-9,11-12H,10H2,1-3H3,(H,20,22). The molecule has 3 aromatic rings. The number of carbonyl (C=O) groups is 1. The molecule has 0 radical (unpaired) electrons. The second-order valence-electron chi connectivity index (χ2n) is 5.99. The number of nitrogens with zero attached hydrogens (tertiary/aromatic N) is 1. The smallest absolute Gasteiger partial charge is 0.217 e. The maximum Gasteiger partial charge on any atom is 0.217 e. The molecule has 0 spiro atoms. The van der Waals surface area contributed by atoms with E-state index in [0.717, 1.165) is 27.8 Å². The van der Waals surface area contributed by atoms with E-state index >= 15 is 0 Å². The van der Waals surface area contributed by atoms with Crippen LogP contribution in [-0.2, 0) is 11.3 Å². The molecule has 1 N–H and O–H groups in total. The van der Waals surface area contributed by atoms with Gasteiger partial charge in [0, 0.05) is 17.9 Å². The molecular formula is C19H20N2O2S. The third-order valence-corrected chi connectivity index (χ3v) is 4.65. The minimum Gasteiger partial charge on any atom is -0.458 e. The molecule has 24 heavy (non-hydrogen) atoms. The minimum absolute atomic E-state index is 0.0752. The molecule has 0 atom stereocenters. The van der Waals surface area contributed by atoms with Crippen LogP contribution in [-0.4, -0.2) is 10.9 Å². The van der Waals surface area contributed by atoms with Gasteiger partial charge in [-0.2, -0.15) is 0 Å². The fourth-order valence-electron chi connectivity index (χ4n) is 2.35. The monoisotopic (exact) mass is 340 g/mol. The summed E-state index contributed by atoms with van der Waals surface area (Å²) in [7, 11) is 0. The largest absolute Gasteiger partial charge is 0.458 e. The van der Waals surface area contributed by atoms with Gasteiger partial charge in [0.15, 0.2) is 5.76 Å². The molecule has 1 aromatic carbocycles. The molecule has 5 heteroatoms. The minimum atomic E-state index is -0.0752. The highest BCUT2D eigenvalue weighted by Gasteiger charge is 2.11. The Morgan fingerprint density at radius 1 is 1.21 bits per heavy atom. The van der Waals surface area contributed by atoms with Crippen molar-refractivity contribution in [3.8, 4) is 22.0 Å². The Morgan fingerprint density at radius 3 is 2.62 bits per heavy atom. The van der Waals surface area contributed by atoms with Crippen LogP contribution in [0.25, 0.3) is 22.0 Å². The molecule has 3 rings (SSSR count). The maximum absolute atomic E-state index is 11.0. The van der Waals surface area contributed by atoms with E-state index in [-0.39, 0.29) is 5.91 Å². The lowest BCUT2D eigenvalue weighted by Crippen LogP contribution is -2.18. The lowest BCUT2D eigenvalue weighted by atomic mass is 10.0. The first kappa shape index (κ1) is 16.5. The number of thiazole rings is 1. The number of nitrogens with one attached hydrogen (secondary N) is 1. The van der Waals surface area contributed by atoms with Crippen molar-refractivity contribution in [2.24, 2.45) is 0 Å². The normalized spacial score (nSPS) is 11.0. The van der Waals surface area contributed by atoms with Crippen molar-refractivity contribution in [3.05, 3.63) is 53.1 Å². The predicted molar refractivity (Wildman–Crippen MR) is 96.9 cm³/mol. The maximum atomic E-state index is 11.0. The van der Waals surface area contributed by atoms with Crippen LogP contribution in [0, 0.1) is 0 Å². The number of hydrogen-bond donors (Lipinski definition) is 1. The van der Waals surface area contributed by atoms with Crippen LogP contribution in [0.5, 0.6) is 0 Å². The summed E-state index contributed by atoms with van der Waals surface area (Å²) in [5, 5.41) is 5.69. The zero-order valence-electron chi connectivity index (χ0n) is 14.0. The number of rotatable bonds is 5. The van der Waals surface area contributed by atoms with Crippen molar-refractivity contribution in [2.45, 2.75) is 33.2 Å². The lowest BCUT2D eigenvalue weighted by Gasteiger charge is -2.05. The van der Waals surface area contributed by atoms with E-state index in [9.17, 15) is 4.79 Å². The number of carbonyl (C=O) groups excluding carboxylic acids is 1. The molecule has 0 saturated heterocycles. The summed E-state index contributed by atoms with van der Waals surface area (Å²) >= 11 is 1.60. The SMILES string of the molecule is CC(=O)NCc1ccc(-c2csc(-c3ccc(C(C)C)cc3)n2)o1. The van der Waals surface area contributed by atoms with E-state index in [0.29, 0.717) is 12.5 Å². The summed E-state index contributed by atoms with van der Waals surface area (Å²) in [6, 6.07) is 12.3. The van der Waals surface area contributed by atoms with Crippen molar-refractivity contribution in [3.63, 3.8) is 0 Å². The Hall–Kier alpha value is -2.40. The summed E-state index contributed by atoms with van der Waals surface area (Å²) in [6.45, 7) is 6.25. The molecule has 124 valence electrons. The molecule has 4 nitrogen and oxygen atoms in total. The molecule has 0 unspecified atom stereocenters. The van der Waals surface area contributed by atoms with E-state index in [4.69, 9.17) is 4.42 Å². The molecule has 0 aliphatic carbocycles. The Bertz CT molecular complexity index is 831. The van der Waals surface area contributed by atoms with Gasteiger partial charge >= 0.3 is 0 Å². The van der Waals surface area contributed by atoms with Crippen molar-refractivity contribution in [1.82, 2.24) is 10.3 Å². The van der Waals surface area contributed by atoms with Crippen LogP contribution >= 0.6 is 11.3 Å². The molecule has 2 aromatic heterocycles. The van der Waals surface area contributed by atoms with E-state index in [2.05, 4.69) is 48.4 Å². The van der Waals surface area contributed by atoms with Crippen LogP contribution in [0.4, 0.5) is 0 Å². The summed E-state index contributed by atoms with van der Waals surface area (Å²) < 4.78 is 5.75. The highest BCUT2D eigenvalue weighted by atomic mass is 32.1. The average Bonchev–Trinajstić information content (AvgIpc) is 3.22. The van der Waals surface area contributed by atoms with Gasteiger partial charge in [-0.3, -0.25) is 4.79 Å². The van der Waals surface area contributed by atoms with Crippen LogP contribution in [0.3, 0.4) is 0 Å². The number of aromatic nitrogens is 1. The van der Waals surface area contributed by atoms with E-state index in [1.807, 2.05) is 17.5 Å². The van der Waals surface area contributed by atoms with Crippen LogP contribution in [0.15, 0.2) is 46.2 Å². The fraction of sp³-hybridized carbons (Fsp3) is 0.263. The van der Waals surface area contributed by atoms with Gasteiger partial charge in [0.25, 0.3) is 0 Å². The summed E-state index contributed by atoms with van der Waals surface area (Å²) in [4.78, 5) is 15.6. The first-order valence-electron chi connectivity index (χ1n) is 7.92. The van der Waals surface area contributed by atoms with Gasteiger partial charge in [-0.25, -0.2) is 4.98 Å². The Balaban J connectivity index is 1.76. The second kappa shape index (κ2) is 7.01. The van der Waals surface area contributed by atoms with Gasteiger partial charge in [0.05, 0.1) is 6.54 Å². The van der Waals surface area contributed by atoms with Gasteiger partial charge in [-0.1, -0.05) is 38.1 Å². The van der Waals surface area contributed by atoms with E-state index in [1.165, 1.54) is 12.5 Å². The summed E-state index contributed by atoms with van der Waals surface area (Å²) in [5.41, 5.74) is 3.25. The zero-order valence-corrected chi connectivity index (χ0v) is 14.8. The topological polar surface area (TPSA) is 55.1 Å². The summed E-state index contributed by atoms with van der Waals surface area (Å²) in [6.07, 6.45) is 0. The van der Waals surface area contributed by atoms with Crippen molar-refractivity contribution >= 4 is 17.2 Å². The second-order valence-corrected chi connectivity index (χ2v) is 6.85. The average molecular weight is 340 g/mol. The molecule has 2 heterocycles. The van der Waals surface area contributed by atoms with Crippen molar-refractivity contribution < 1.29 is 9.21 Å². The quantitative estimate of drug-likeness (QED) is 0.724.